The molecular formula is C26H18Cl3FN2O5. The van der Waals surface area contributed by atoms with Crippen LogP contribution in [0.3, 0.4) is 0 Å². The maximum Gasteiger partial charge on any atom is 0.258 e. The molecule has 2 aromatic carbocycles. The van der Waals surface area contributed by atoms with Gasteiger partial charge in [-0.3, -0.25) is 24.5 Å². The Morgan fingerprint density at radius 1 is 0.973 bits per heavy atom. The number of amides is 4. The summed E-state index contributed by atoms with van der Waals surface area (Å²) in [6.45, 7) is 0. The number of benzene rings is 2. The first-order chi connectivity index (χ1) is 17.5. The fourth-order valence-corrected chi connectivity index (χ4v) is 7.52. The second-order valence-electron chi connectivity index (χ2n) is 9.81. The van der Waals surface area contributed by atoms with Crippen LogP contribution in [-0.2, 0) is 19.2 Å². The van der Waals surface area contributed by atoms with Crippen molar-refractivity contribution in [2.24, 2.45) is 17.8 Å². The van der Waals surface area contributed by atoms with Crippen LogP contribution in [-0.4, -0.2) is 38.5 Å². The molecule has 0 radical (unpaired) electrons. The van der Waals surface area contributed by atoms with E-state index in [0.29, 0.717) is 5.57 Å². The summed E-state index contributed by atoms with van der Waals surface area (Å²) in [5.74, 6) is -6.74. The van der Waals surface area contributed by atoms with E-state index in [-0.39, 0.29) is 34.9 Å². The van der Waals surface area contributed by atoms with Gasteiger partial charge in [0.1, 0.15) is 11.6 Å². The van der Waals surface area contributed by atoms with E-state index in [1.807, 2.05) is 0 Å². The van der Waals surface area contributed by atoms with Crippen molar-refractivity contribution >= 4 is 64.1 Å². The molecule has 4 aliphatic rings. The maximum atomic E-state index is 14.1. The van der Waals surface area contributed by atoms with Crippen molar-refractivity contribution in [3.8, 4) is 5.75 Å². The van der Waals surface area contributed by atoms with Crippen LogP contribution < -0.4 is 10.2 Å². The first-order valence-electron chi connectivity index (χ1n) is 11.5. The molecule has 1 saturated carbocycles. The van der Waals surface area contributed by atoms with Crippen molar-refractivity contribution < 1.29 is 28.7 Å². The second kappa shape index (κ2) is 8.03. The van der Waals surface area contributed by atoms with Crippen molar-refractivity contribution in [3.05, 3.63) is 70.5 Å². The van der Waals surface area contributed by atoms with Crippen molar-refractivity contribution in [1.82, 2.24) is 5.32 Å². The summed E-state index contributed by atoms with van der Waals surface area (Å²) in [6.07, 6.45) is 1.75. The third kappa shape index (κ3) is 3.12. The van der Waals surface area contributed by atoms with Crippen LogP contribution in [0.4, 0.5) is 10.1 Å². The minimum atomic E-state index is -2.13. The summed E-state index contributed by atoms with van der Waals surface area (Å²) >= 11 is 20.6. The summed E-state index contributed by atoms with van der Waals surface area (Å²) in [5.41, 5.74) is 0.759. The molecule has 2 heterocycles. The lowest BCUT2D eigenvalue weighted by atomic mass is 9.56. The van der Waals surface area contributed by atoms with Gasteiger partial charge in [0.25, 0.3) is 11.8 Å². The molecule has 2 aliphatic heterocycles. The minimum absolute atomic E-state index is 0.0727. The predicted molar refractivity (Wildman–Crippen MR) is 133 cm³/mol. The van der Waals surface area contributed by atoms with Crippen LogP contribution in [0, 0.1) is 23.6 Å². The number of fused-ring (bicyclic) bond motifs is 4. The van der Waals surface area contributed by atoms with E-state index >= 15 is 0 Å². The van der Waals surface area contributed by atoms with E-state index in [0.717, 1.165) is 17.0 Å². The lowest BCUT2D eigenvalue weighted by Crippen LogP contribution is -2.60. The molecule has 0 bridgehead atoms. The standard InChI is InChI=1S/C26H18Cl3FN2O5/c27-11-1-8-18(33)16(9-11)20-14-6-7-15-19(22(35)31-21(15)34)17(14)10-25(28)23(36)32(24(37)26(20,25)29)13-4-2-12(30)3-5-13/h1-6,8-9,15,17,19-20,33H,7,10H2,(H,31,34,35)/t15-,17+,19-,20+,25+,26-/m0/s1. The number of nitrogens with one attached hydrogen (secondary N) is 1. The number of allylic oxidation sites excluding steroid dienone is 2. The van der Waals surface area contributed by atoms with Crippen molar-refractivity contribution in [3.63, 3.8) is 0 Å². The number of halogens is 4. The SMILES string of the molecule is O=C1NC(=O)[C@H]2CC=C3[C@@H](C[C@@]4(Cl)C(=O)N(c5ccc(F)cc5)C(=O)[C@@]4(Cl)[C@H]3c3cc(Cl)ccc3O)[C@@H]12. The van der Waals surface area contributed by atoms with Crippen LogP contribution in [0.1, 0.15) is 24.3 Å². The molecule has 190 valence electrons. The zero-order valence-corrected chi connectivity index (χ0v) is 21.1. The summed E-state index contributed by atoms with van der Waals surface area (Å²) in [7, 11) is 0. The fraction of sp³-hybridized carbons (Fsp3) is 0.308. The Bertz CT molecular complexity index is 1450. The number of phenolic OH excluding ortho intramolecular Hbond substituents is 1. The van der Waals surface area contributed by atoms with Gasteiger partial charge in [-0.05, 0) is 61.2 Å². The highest BCUT2D eigenvalue weighted by atomic mass is 35.5. The summed E-state index contributed by atoms with van der Waals surface area (Å²) in [5, 5.41) is 13.5. The highest BCUT2D eigenvalue weighted by Crippen LogP contribution is 2.66. The van der Waals surface area contributed by atoms with Crippen molar-refractivity contribution in [2.45, 2.75) is 28.5 Å². The molecule has 2 aromatic rings. The Morgan fingerprint density at radius 2 is 1.68 bits per heavy atom. The zero-order valence-electron chi connectivity index (χ0n) is 18.9. The number of anilines is 1. The third-order valence-corrected chi connectivity index (χ3v) is 9.69. The van der Waals surface area contributed by atoms with Crippen molar-refractivity contribution in [1.29, 1.82) is 0 Å². The molecule has 2 saturated heterocycles. The van der Waals surface area contributed by atoms with Gasteiger partial charge in [-0.1, -0.05) is 23.3 Å². The van der Waals surface area contributed by atoms with E-state index in [4.69, 9.17) is 34.8 Å². The summed E-state index contributed by atoms with van der Waals surface area (Å²) < 4.78 is 13.6. The van der Waals surface area contributed by atoms with Gasteiger partial charge in [-0.25, -0.2) is 9.29 Å². The highest BCUT2D eigenvalue weighted by Gasteiger charge is 2.76. The Hall–Kier alpha value is -2.94. The van der Waals surface area contributed by atoms with E-state index < -0.39 is 62.9 Å². The number of hydrogen-bond acceptors (Lipinski definition) is 5. The zero-order chi connectivity index (χ0) is 26.4. The van der Waals surface area contributed by atoms with E-state index in [1.54, 1.807) is 6.08 Å². The van der Waals surface area contributed by atoms with Gasteiger partial charge >= 0.3 is 0 Å². The second-order valence-corrected chi connectivity index (χ2v) is 11.5. The molecule has 6 rings (SSSR count). The number of aromatic hydroxyl groups is 1. The molecule has 0 aromatic heterocycles. The first-order valence-corrected chi connectivity index (χ1v) is 12.7. The summed E-state index contributed by atoms with van der Waals surface area (Å²) in [6, 6.07) is 8.96. The maximum absolute atomic E-state index is 14.1. The molecule has 37 heavy (non-hydrogen) atoms. The largest absolute Gasteiger partial charge is 0.508 e. The number of carbonyl (C=O) groups excluding carboxylic acids is 4. The average Bonchev–Trinajstić information content (AvgIpc) is 3.23. The number of nitrogens with zero attached hydrogens (tertiary/aromatic N) is 1. The quantitative estimate of drug-likeness (QED) is 0.326. The molecule has 3 fully saturated rings. The van der Waals surface area contributed by atoms with Crippen LogP contribution in [0.2, 0.25) is 5.02 Å². The minimum Gasteiger partial charge on any atom is -0.508 e. The number of hydrogen-bond donors (Lipinski definition) is 2. The molecule has 2 aliphatic carbocycles. The van der Waals surface area contributed by atoms with Gasteiger partial charge in [0.2, 0.25) is 11.8 Å². The number of rotatable bonds is 2. The van der Waals surface area contributed by atoms with Crippen LogP contribution in [0.25, 0.3) is 0 Å². The number of carbonyl (C=O) groups is 4. The van der Waals surface area contributed by atoms with Gasteiger partial charge in [0.15, 0.2) is 9.75 Å². The molecule has 0 spiro atoms. The Morgan fingerprint density at radius 3 is 2.38 bits per heavy atom. The monoisotopic (exact) mass is 562 g/mol. The Kier molecular flexibility index (Phi) is 5.29. The lowest BCUT2D eigenvalue weighted by molar-refractivity contribution is -0.127. The third-order valence-electron chi connectivity index (χ3n) is 8.04. The van der Waals surface area contributed by atoms with Gasteiger partial charge < -0.3 is 5.11 Å². The lowest BCUT2D eigenvalue weighted by Gasteiger charge is -2.50. The van der Waals surface area contributed by atoms with Gasteiger partial charge in [-0.15, -0.1) is 23.2 Å². The van der Waals surface area contributed by atoms with E-state index in [1.165, 1.54) is 30.3 Å². The molecule has 0 unspecified atom stereocenters. The molecule has 11 heteroatoms. The first kappa shape index (κ1) is 24.4. The van der Waals surface area contributed by atoms with Gasteiger partial charge in [0.05, 0.1) is 17.5 Å². The predicted octanol–water partition coefficient (Wildman–Crippen LogP) is 4.04. The van der Waals surface area contributed by atoms with Gasteiger partial charge in [-0.2, -0.15) is 0 Å². The average molecular weight is 564 g/mol. The molecule has 2 N–H and O–H groups in total. The van der Waals surface area contributed by atoms with Crippen LogP contribution in [0.15, 0.2) is 54.1 Å². The molecule has 4 amide bonds. The van der Waals surface area contributed by atoms with Crippen LogP contribution >= 0.6 is 34.8 Å². The summed E-state index contributed by atoms with van der Waals surface area (Å²) in [4.78, 5) is 50.0. The highest BCUT2D eigenvalue weighted by molar-refractivity contribution is 6.58. The Balaban J connectivity index is 1.60. The number of phenols is 1. The van der Waals surface area contributed by atoms with E-state index in [2.05, 4.69) is 5.32 Å². The van der Waals surface area contributed by atoms with Crippen molar-refractivity contribution in [2.75, 3.05) is 4.90 Å². The molecule has 6 atom stereocenters. The fourth-order valence-electron chi connectivity index (χ4n) is 6.41. The topological polar surface area (TPSA) is 104 Å². The van der Waals surface area contributed by atoms with E-state index in [9.17, 15) is 28.7 Å². The Labute approximate surface area is 225 Å². The number of alkyl halides is 2. The smallest absolute Gasteiger partial charge is 0.258 e. The number of imide groups is 2. The molecular weight excluding hydrogens is 546 g/mol. The normalized spacial score (nSPS) is 34.6. The molecule has 7 nitrogen and oxygen atoms in total. The van der Waals surface area contributed by atoms with Crippen LogP contribution in [0.5, 0.6) is 5.75 Å². The van der Waals surface area contributed by atoms with Gasteiger partial charge in [0, 0.05) is 16.5 Å².